The molecule has 2 aromatic heterocycles. The Morgan fingerprint density at radius 3 is 2.74 bits per heavy atom. The Kier molecular flexibility index (Phi) is 2.51. The summed E-state index contributed by atoms with van der Waals surface area (Å²) in [5, 5.41) is 32.0. The number of fused-ring (bicyclic) bond motifs is 2. The number of hydrogen-bond donors (Lipinski definition) is 4. The number of hydroxylamine groups is 1. The predicted molar refractivity (Wildman–Crippen MR) is 76.9 cm³/mol. The van der Waals surface area contributed by atoms with Crippen LogP contribution in [-0.4, -0.2) is 31.2 Å². The van der Waals surface area contributed by atoms with Crippen LogP contribution >= 0.6 is 11.6 Å². The number of carbonyl (C=O) groups is 1. The van der Waals surface area contributed by atoms with Crippen molar-refractivity contribution < 1.29 is 20.2 Å². The molecule has 1 aliphatic heterocycles. The number of imidazole rings is 1. The number of halogens is 1. The molecule has 0 aliphatic carbocycles. The van der Waals surface area contributed by atoms with Gasteiger partial charge in [-0.2, -0.15) is 5.06 Å². The van der Waals surface area contributed by atoms with Gasteiger partial charge in [-0.05, 0) is 6.07 Å². The highest BCUT2D eigenvalue weighted by Gasteiger charge is 2.38. The number of H-pyrrole nitrogens is 2. The smallest absolute Gasteiger partial charge is 0.283 e. The summed E-state index contributed by atoms with van der Waals surface area (Å²) in [7, 11) is 0. The third-order valence-corrected chi connectivity index (χ3v) is 3.92. The van der Waals surface area contributed by atoms with E-state index < -0.39 is 23.0 Å². The van der Waals surface area contributed by atoms with Crippen molar-refractivity contribution in [3.63, 3.8) is 0 Å². The molecule has 0 unspecified atom stereocenters. The van der Waals surface area contributed by atoms with Gasteiger partial charge in [0.2, 0.25) is 0 Å². The number of aromatic hydroxyl groups is 1. The SMILES string of the molecule is O=C1c2c(c(O)c3nc(-c4c(Cl)cc[nH]c4=O)[nH]c3c2[O-])N1O. The molecular weight excluding hydrogens is 328 g/mol. The first-order valence-electron chi connectivity index (χ1n) is 6.28. The van der Waals surface area contributed by atoms with Gasteiger partial charge in [0.05, 0.1) is 16.1 Å². The van der Waals surface area contributed by atoms with E-state index in [1.807, 2.05) is 0 Å². The molecule has 0 saturated heterocycles. The van der Waals surface area contributed by atoms with E-state index in [2.05, 4.69) is 15.0 Å². The van der Waals surface area contributed by atoms with Crippen molar-refractivity contribution in [2.75, 3.05) is 5.06 Å². The van der Waals surface area contributed by atoms with Crippen molar-refractivity contribution in [1.29, 1.82) is 0 Å². The lowest BCUT2D eigenvalue weighted by Crippen LogP contribution is -2.38. The fourth-order valence-electron chi connectivity index (χ4n) is 2.52. The fraction of sp³-hybridized carbons (Fsp3) is 0. The van der Waals surface area contributed by atoms with E-state index in [0.29, 0.717) is 0 Å². The van der Waals surface area contributed by atoms with Gasteiger partial charge < -0.3 is 20.2 Å². The number of benzene rings is 1. The summed E-state index contributed by atoms with van der Waals surface area (Å²) in [5.41, 5.74) is -1.54. The van der Waals surface area contributed by atoms with Gasteiger partial charge in [0, 0.05) is 6.20 Å². The first-order valence-corrected chi connectivity index (χ1v) is 6.66. The second-order valence-electron chi connectivity index (χ2n) is 4.86. The minimum atomic E-state index is -0.922. The van der Waals surface area contributed by atoms with Crippen molar-refractivity contribution in [2.45, 2.75) is 0 Å². The van der Waals surface area contributed by atoms with Crippen molar-refractivity contribution in [3.8, 4) is 22.9 Å². The lowest BCUT2D eigenvalue weighted by Gasteiger charge is -2.32. The van der Waals surface area contributed by atoms with Gasteiger partial charge in [0.1, 0.15) is 22.6 Å². The molecule has 1 aromatic carbocycles. The second-order valence-corrected chi connectivity index (χ2v) is 5.26. The third kappa shape index (κ3) is 1.57. The highest BCUT2D eigenvalue weighted by molar-refractivity contribution is 6.33. The number of nitrogens with one attached hydrogen (secondary N) is 2. The van der Waals surface area contributed by atoms with E-state index in [4.69, 9.17) is 11.6 Å². The van der Waals surface area contributed by atoms with Crippen LogP contribution in [0.5, 0.6) is 11.5 Å². The zero-order valence-corrected chi connectivity index (χ0v) is 11.8. The number of pyridine rings is 1. The van der Waals surface area contributed by atoms with E-state index in [-0.39, 0.29) is 43.8 Å². The third-order valence-electron chi connectivity index (χ3n) is 3.61. The van der Waals surface area contributed by atoms with Crippen LogP contribution in [0.2, 0.25) is 5.02 Å². The normalized spacial score (nSPS) is 13.3. The molecule has 23 heavy (non-hydrogen) atoms. The second kappa shape index (κ2) is 4.24. The Bertz CT molecular complexity index is 1070. The summed E-state index contributed by atoms with van der Waals surface area (Å²) in [4.78, 5) is 32.4. The van der Waals surface area contributed by atoms with Crippen LogP contribution in [-0.2, 0) is 0 Å². The zero-order valence-electron chi connectivity index (χ0n) is 11.0. The van der Waals surface area contributed by atoms with E-state index in [1.54, 1.807) is 0 Å². The van der Waals surface area contributed by atoms with Gasteiger partial charge in [-0.1, -0.05) is 17.4 Å². The fourth-order valence-corrected chi connectivity index (χ4v) is 2.76. The maximum absolute atomic E-state index is 12.3. The highest BCUT2D eigenvalue weighted by Crippen LogP contribution is 2.48. The van der Waals surface area contributed by atoms with Crippen LogP contribution in [0.4, 0.5) is 5.69 Å². The molecule has 3 heterocycles. The Balaban J connectivity index is 2.08. The summed E-state index contributed by atoms with van der Waals surface area (Å²) in [6.07, 6.45) is 1.35. The van der Waals surface area contributed by atoms with Crippen LogP contribution < -0.4 is 15.7 Å². The Labute approximate surface area is 131 Å². The first-order chi connectivity index (χ1) is 10.9. The summed E-state index contributed by atoms with van der Waals surface area (Å²) >= 11 is 5.97. The monoisotopic (exact) mass is 333 g/mol. The van der Waals surface area contributed by atoms with Crippen molar-refractivity contribution in [2.24, 2.45) is 0 Å². The van der Waals surface area contributed by atoms with E-state index in [9.17, 15) is 25.0 Å². The molecule has 0 spiro atoms. The lowest BCUT2D eigenvalue weighted by molar-refractivity contribution is -0.266. The molecule has 0 bridgehead atoms. The van der Waals surface area contributed by atoms with Gasteiger partial charge in [-0.15, -0.1) is 0 Å². The highest BCUT2D eigenvalue weighted by atomic mass is 35.5. The average Bonchev–Trinajstić information content (AvgIpc) is 2.95. The molecule has 0 fully saturated rings. The minimum absolute atomic E-state index is 0.0151. The molecule has 0 radical (unpaired) electrons. The number of aromatic amines is 2. The summed E-state index contributed by atoms with van der Waals surface area (Å²) < 4.78 is 0. The van der Waals surface area contributed by atoms with Crippen LogP contribution in [0, 0.1) is 0 Å². The number of rotatable bonds is 1. The number of phenols is 1. The molecule has 116 valence electrons. The summed E-state index contributed by atoms with van der Waals surface area (Å²) in [6, 6.07) is 1.43. The number of anilines is 1. The molecular formula is C13H6ClN4O5-. The first kappa shape index (κ1) is 13.6. The summed E-state index contributed by atoms with van der Waals surface area (Å²) in [6.45, 7) is 0. The molecule has 10 heteroatoms. The molecule has 1 aliphatic rings. The number of hydrogen-bond acceptors (Lipinski definition) is 6. The van der Waals surface area contributed by atoms with Crippen LogP contribution in [0.3, 0.4) is 0 Å². The number of nitrogens with zero attached hydrogens (tertiary/aromatic N) is 2. The maximum atomic E-state index is 12.3. The number of phenolic OH excluding ortho intramolecular Hbond substituents is 1. The largest absolute Gasteiger partial charge is 0.870 e. The molecule has 0 saturated carbocycles. The van der Waals surface area contributed by atoms with Crippen LogP contribution in [0.15, 0.2) is 17.1 Å². The molecule has 4 rings (SSSR count). The standard InChI is InChI=1S/C13H7ClN4O5/c14-3-1-2-15-12(21)4(3)11-16-6-7(17-11)10(20)8-5(9(6)19)13(22)18(8)23/h1-2,19-20,23H,(H,15,21)(H,16,17)/p-1. The molecule has 4 N–H and O–H groups in total. The molecule has 3 aromatic rings. The lowest BCUT2D eigenvalue weighted by atomic mass is 10.0. The van der Waals surface area contributed by atoms with Crippen molar-refractivity contribution in [3.05, 3.63) is 33.2 Å². The summed E-state index contributed by atoms with van der Waals surface area (Å²) in [5.74, 6) is -2.23. The van der Waals surface area contributed by atoms with Gasteiger partial charge in [-0.3, -0.25) is 14.8 Å². The average molecular weight is 334 g/mol. The van der Waals surface area contributed by atoms with Gasteiger partial charge >= 0.3 is 0 Å². The zero-order chi connectivity index (χ0) is 16.5. The Morgan fingerprint density at radius 1 is 1.30 bits per heavy atom. The van der Waals surface area contributed by atoms with Crippen molar-refractivity contribution in [1.82, 2.24) is 15.0 Å². The maximum Gasteiger partial charge on any atom is 0.283 e. The van der Waals surface area contributed by atoms with Crippen molar-refractivity contribution >= 4 is 34.2 Å². The molecule has 1 amide bonds. The Hall–Kier alpha value is -3.04. The predicted octanol–water partition coefficient (Wildman–Crippen LogP) is 0.700. The van der Waals surface area contributed by atoms with Crippen LogP contribution in [0.1, 0.15) is 10.4 Å². The van der Waals surface area contributed by atoms with Gasteiger partial charge in [-0.25, -0.2) is 4.98 Å². The molecule has 9 nitrogen and oxygen atoms in total. The van der Waals surface area contributed by atoms with Crippen LogP contribution in [0.25, 0.3) is 22.4 Å². The van der Waals surface area contributed by atoms with E-state index in [0.717, 1.165) is 0 Å². The van der Waals surface area contributed by atoms with E-state index in [1.165, 1.54) is 12.3 Å². The number of carbonyl (C=O) groups excluding carboxylic acids is 1. The van der Waals surface area contributed by atoms with E-state index >= 15 is 0 Å². The number of aromatic nitrogens is 3. The quantitative estimate of drug-likeness (QED) is 0.482. The minimum Gasteiger partial charge on any atom is -0.870 e. The van der Waals surface area contributed by atoms with Gasteiger partial charge in [0.15, 0.2) is 5.75 Å². The molecule has 0 atom stereocenters. The topological polar surface area (TPSA) is 145 Å². The Morgan fingerprint density at radius 2 is 2.04 bits per heavy atom. The van der Waals surface area contributed by atoms with Gasteiger partial charge in [0.25, 0.3) is 11.5 Å². The number of amides is 1.